The molecule has 0 amide bonds. The van der Waals surface area contributed by atoms with Crippen molar-refractivity contribution in [3.63, 3.8) is 0 Å². The van der Waals surface area contributed by atoms with Crippen LogP contribution in [0.5, 0.6) is 11.7 Å². The van der Waals surface area contributed by atoms with Crippen molar-refractivity contribution >= 4 is 0 Å². The topological polar surface area (TPSA) is 42.6 Å². The molecule has 0 bridgehead atoms. The molecule has 0 radical (unpaired) electrons. The fraction of sp³-hybridized carbons (Fsp3) is 0.0909. The Bertz CT molecular complexity index is 433. The van der Waals surface area contributed by atoms with E-state index in [4.69, 9.17) is 14.3 Å². The summed E-state index contributed by atoms with van der Waals surface area (Å²) in [5.74, 6) is 0.853. The minimum Gasteiger partial charge on any atom is -0.428 e. The summed E-state index contributed by atoms with van der Waals surface area (Å²) < 4.78 is 22.9. The average Bonchev–Trinajstić information content (AvgIpc) is 2.69. The molecule has 1 aromatic carbocycles. The van der Waals surface area contributed by atoms with Crippen molar-refractivity contribution < 1.29 is 18.7 Å². The lowest BCUT2D eigenvalue weighted by Crippen LogP contribution is -1.82. The lowest BCUT2D eigenvalue weighted by atomic mass is 10.3. The molecule has 0 saturated carbocycles. The summed E-state index contributed by atoms with van der Waals surface area (Å²) in [6, 6.07) is 8.79. The Morgan fingerprint density at radius 1 is 1.13 bits per heavy atom. The van der Waals surface area contributed by atoms with Crippen LogP contribution in [0.15, 0.2) is 40.8 Å². The second-order valence-corrected chi connectivity index (χ2v) is 2.93. The van der Waals surface area contributed by atoms with Gasteiger partial charge in [0.2, 0.25) is 0 Å². The summed E-state index contributed by atoms with van der Waals surface area (Å²) in [5, 5.41) is 8.75. The molecule has 0 saturated heterocycles. The van der Waals surface area contributed by atoms with Gasteiger partial charge in [0.15, 0.2) is 0 Å². The van der Waals surface area contributed by atoms with Gasteiger partial charge in [0.1, 0.15) is 23.9 Å². The monoisotopic (exact) mass is 208 g/mol. The summed E-state index contributed by atoms with van der Waals surface area (Å²) in [7, 11) is 0. The molecule has 78 valence electrons. The second kappa shape index (κ2) is 4.14. The first kappa shape index (κ1) is 9.73. The molecule has 0 atom stereocenters. The zero-order chi connectivity index (χ0) is 10.7. The highest BCUT2D eigenvalue weighted by Crippen LogP contribution is 2.23. The van der Waals surface area contributed by atoms with Crippen LogP contribution in [-0.2, 0) is 6.61 Å². The molecule has 2 rings (SSSR count). The molecule has 0 aliphatic rings. The zero-order valence-corrected chi connectivity index (χ0v) is 7.81. The normalized spacial score (nSPS) is 10.3. The summed E-state index contributed by atoms with van der Waals surface area (Å²) in [6.45, 7) is -0.174. The minimum atomic E-state index is -0.321. The number of benzene rings is 1. The smallest absolute Gasteiger partial charge is 0.290 e. The van der Waals surface area contributed by atoms with Gasteiger partial charge in [0, 0.05) is 6.07 Å². The van der Waals surface area contributed by atoms with Crippen LogP contribution in [0.3, 0.4) is 0 Å². The van der Waals surface area contributed by atoms with Crippen LogP contribution in [0, 0.1) is 5.82 Å². The first-order valence-corrected chi connectivity index (χ1v) is 4.41. The van der Waals surface area contributed by atoms with E-state index in [1.54, 1.807) is 12.1 Å². The first-order chi connectivity index (χ1) is 7.28. The Morgan fingerprint density at radius 3 is 2.47 bits per heavy atom. The summed E-state index contributed by atoms with van der Waals surface area (Å²) in [6.07, 6.45) is 0. The van der Waals surface area contributed by atoms with Crippen LogP contribution in [0.25, 0.3) is 0 Å². The van der Waals surface area contributed by atoms with Crippen LogP contribution >= 0.6 is 0 Å². The van der Waals surface area contributed by atoms with Crippen molar-refractivity contribution in [2.45, 2.75) is 6.61 Å². The highest BCUT2D eigenvalue weighted by atomic mass is 19.1. The Hall–Kier alpha value is -1.81. The van der Waals surface area contributed by atoms with Crippen molar-refractivity contribution in [1.29, 1.82) is 0 Å². The molecule has 1 aromatic heterocycles. The van der Waals surface area contributed by atoms with E-state index < -0.39 is 0 Å². The Kier molecular flexibility index (Phi) is 2.69. The van der Waals surface area contributed by atoms with Crippen LogP contribution in [-0.4, -0.2) is 5.11 Å². The van der Waals surface area contributed by atoms with Gasteiger partial charge in [-0.15, -0.1) is 0 Å². The standard InChI is InChI=1S/C11H9FO3/c12-8-1-3-9(4-2-8)14-11-6-5-10(7-13)15-11/h1-6,13H,7H2. The molecule has 1 heterocycles. The molecule has 0 fully saturated rings. The van der Waals surface area contributed by atoms with E-state index in [2.05, 4.69) is 0 Å². The van der Waals surface area contributed by atoms with Gasteiger partial charge in [-0.2, -0.15) is 0 Å². The number of furan rings is 1. The van der Waals surface area contributed by atoms with Crippen molar-refractivity contribution in [3.8, 4) is 11.7 Å². The zero-order valence-electron chi connectivity index (χ0n) is 7.81. The number of aliphatic hydroxyl groups excluding tert-OH is 1. The average molecular weight is 208 g/mol. The van der Waals surface area contributed by atoms with Crippen molar-refractivity contribution in [3.05, 3.63) is 48.0 Å². The number of halogens is 1. The predicted molar refractivity (Wildman–Crippen MR) is 51.1 cm³/mol. The van der Waals surface area contributed by atoms with Gasteiger partial charge >= 0.3 is 0 Å². The van der Waals surface area contributed by atoms with Crippen LogP contribution < -0.4 is 4.74 Å². The van der Waals surface area contributed by atoms with E-state index in [1.807, 2.05) is 0 Å². The maximum Gasteiger partial charge on any atom is 0.290 e. The molecule has 3 nitrogen and oxygen atoms in total. The summed E-state index contributed by atoms with van der Waals surface area (Å²) in [5.41, 5.74) is 0. The molecule has 0 aliphatic heterocycles. The third kappa shape index (κ3) is 2.35. The van der Waals surface area contributed by atoms with Crippen LogP contribution in [0.1, 0.15) is 5.76 Å². The summed E-state index contributed by atoms with van der Waals surface area (Å²) >= 11 is 0. The molecular weight excluding hydrogens is 199 g/mol. The van der Waals surface area contributed by atoms with Gasteiger partial charge in [-0.25, -0.2) is 4.39 Å². The molecule has 0 aliphatic carbocycles. The summed E-state index contributed by atoms with van der Waals surface area (Å²) in [4.78, 5) is 0. The Labute approximate surface area is 85.7 Å². The molecule has 0 spiro atoms. The SMILES string of the molecule is OCc1ccc(Oc2ccc(F)cc2)o1. The predicted octanol–water partition coefficient (Wildman–Crippen LogP) is 2.70. The van der Waals surface area contributed by atoms with Gasteiger partial charge in [-0.05, 0) is 30.3 Å². The van der Waals surface area contributed by atoms with Gasteiger partial charge < -0.3 is 14.3 Å². The first-order valence-electron chi connectivity index (χ1n) is 4.41. The Balaban J connectivity index is 2.11. The van der Waals surface area contributed by atoms with Crippen LogP contribution in [0.4, 0.5) is 4.39 Å². The van der Waals surface area contributed by atoms with E-state index in [1.165, 1.54) is 24.3 Å². The quantitative estimate of drug-likeness (QED) is 0.843. The van der Waals surface area contributed by atoms with E-state index in [0.29, 0.717) is 11.5 Å². The fourth-order valence-electron chi connectivity index (χ4n) is 1.12. The highest BCUT2D eigenvalue weighted by Gasteiger charge is 2.03. The molecule has 0 unspecified atom stereocenters. The molecule has 4 heteroatoms. The van der Waals surface area contributed by atoms with E-state index >= 15 is 0 Å². The fourth-order valence-corrected chi connectivity index (χ4v) is 1.12. The van der Waals surface area contributed by atoms with Gasteiger partial charge in [0.05, 0.1) is 0 Å². The third-order valence-corrected chi connectivity index (χ3v) is 1.82. The van der Waals surface area contributed by atoms with Crippen molar-refractivity contribution in [2.75, 3.05) is 0 Å². The van der Waals surface area contributed by atoms with Gasteiger partial charge in [-0.1, -0.05) is 0 Å². The van der Waals surface area contributed by atoms with Gasteiger partial charge in [0.25, 0.3) is 5.95 Å². The second-order valence-electron chi connectivity index (χ2n) is 2.93. The minimum absolute atomic E-state index is 0.174. The number of hydrogen-bond donors (Lipinski definition) is 1. The highest BCUT2D eigenvalue weighted by molar-refractivity contribution is 5.26. The number of aliphatic hydroxyl groups is 1. The number of hydrogen-bond acceptors (Lipinski definition) is 3. The number of rotatable bonds is 3. The maximum atomic E-state index is 12.6. The molecular formula is C11H9FO3. The van der Waals surface area contributed by atoms with Gasteiger partial charge in [-0.3, -0.25) is 0 Å². The number of ether oxygens (including phenoxy) is 1. The Morgan fingerprint density at radius 2 is 1.87 bits per heavy atom. The lowest BCUT2D eigenvalue weighted by Gasteiger charge is -2.00. The molecule has 2 aromatic rings. The van der Waals surface area contributed by atoms with Crippen molar-refractivity contribution in [1.82, 2.24) is 0 Å². The molecule has 15 heavy (non-hydrogen) atoms. The van der Waals surface area contributed by atoms with E-state index in [-0.39, 0.29) is 18.4 Å². The lowest BCUT2D eigenvalue weighted by molar-refractivity contribution is 0.231. The molecule has 1 N–H and O–H groups in total. The maximum absolute atomic E-state index is 12.6. The van der Waals surface area contributed by atoms with E-state index in [0.717, 1.165) is 0 Å². The third-order valence-electron chi connectivity index (χ3n) is 1.82. The van der Waals surface area contributed by atoms with E-state index in [9.17, 15) is 4.39 Å². The largest absolute Gasteiger partial charge is 0.428 e. The van der Waals surface area contributed by atoms with Crippen molar-refractivity contribution in [2.24, 2.45) is 0 Å². The van der Waals surface area contributed by atoms with Crippen LogP contribution in [0.2, 0.25) is 0 Å².